The predicted molar refractivity (Wildman–Crippen MR) is 67.4 cm³/mol. The number of alkyl halides is 1. The highest BCUT2D eigenvalue weighted by Crippen LogP contribution is 2.42. The Morgan fingerprint density at radius 1 is 1.40 bits per heavy atom. The minimum absolute atomic E-state index is 0.648. The third-order valence-electron chi connectivity index (χ3n) is 3.00. The molecule has 1 fully saturated rings. The summed E-state index contributed by atoms with van der Waals surface area (Å²) in [6.45, 7) is 2.16. The molecule has 1 saturated carbocycles. The molecule has 0 atom stereocenters. The first-order valence-electron chi connectivity index (χ1n) is 5.69. The van der Waals surface area contributed by atoms with Crippen molar-refractivity contribution in [2.75, 3.05) is 5.88 Å². The Balaban J connectivity index is 2.30. The van der Waals surface area contributed by atoms with Crippen molar-refractivity contribution in [3.05, 3.63) is 41.0 Å². The molecule has 1 aromatic carbocycles. The summed E-state index contributed by atoms with van der Waals surface area (Å²) in [6, 6.07) is 8.71. The van der Waals surface area contributed by atoms with Gasteiger partial charge in [-0.1, -0.05) is 42.8 Å². The molecule has 0 radical (unpaired) electrons. The predicted octanol–water partition coefficient (Wildman–Crippen LogP) is 4.60. The molecule has 0 heterocycles. The van der Waals surface area contributed by atoms with Crippen molar-refractivity contribution in [2.24, 2.45) is 0 Å². The molecule has 0 aromatic heterocycles. The van der Waals surface area contributed by atoms with Crippen molar-refractivity contribution in [2.45, 2.75) is 32.1 Å². The van der Waals surface area contributed by atoms with Crippen LogP contribution in [0.5, 0.6) is 0 Å². The maximum Gasteiger partial charge on any atom is 0.0436 e. The van der Waals surface area contributed by atoms with Gasteiger partial charge in [0.1, 0.15) is 0 Å². The quantitative estimate of drug-likeness (QED) is 0.651. The topological polar surface area (TPSA) is 0 Å². The van der Waals surface area contributed by atoms with Crippen molar-refractivity contribution < 1.29 is 0 Å². The van der Waals surface area contributed by atoms with E-state index in [0.29, 0.717) is 5.88 Å². The second-order valence-corrected chi connectivity index (χ2v) is 4.46. The van der Waals surface area contributed by atoms with E-state index in [-0.39, 0.29) is 0 Å². The highest BCUT2D eigenvalue weighted by molar-refractivity contribution is 6.19. The lowest BCUT2D eigenvalue weighted by Crippen LogP contribution is -1.88. The molecule has 0 bridgehead atoms. The summed E-state index contributed by atoms with van der Waals surface area (Å²) in [7, 11) is 0. The van der Waals surface area contributed by atoms with Gasteiger partial charge in [0.25, 0.3) is 0 Å². The van der Waals surface area contributed by atoms with Gasteiger partial charge < -0.3 is 0 Å². The van der Waals surface area contributed by atoms with Crippen LogP contribution in [0.25, 0.3) is 6.08 Å². The van der Waals surface area contributed by atoms with Crippen LogP contribution in [-0.4, -0.2) is 5.88 Å². The Labute approximate surface area is 97.0 Å². The number of halogens is 1. The van der Waals surface area contributed by atoms with Crippen LogP contribution in [0.15, 0.2) is 29.8 Å². The zero-order chi connectivity index (χ0) is 10.7. The first kappa shape index (κ1) is 10.8. The van der Waals surface area contributed by atoms with Gasteiger partial charge in [-0.2, -0.15) is 0 Å². The summed E-state index contributed by atoms with van der Waals surface area (Å²) in [4.78, 5) is 0. The van der Waals surface area contributed by atoms with Gasteiger partial charge in [0.15, 0.2) is 0 Å². The summed E-state index contributed by atoms with van der Waals surface area (Å²) in [5.41, 5.74) is 4.20. The molecular weight excluding hydrogens is 204 g/mol. The average Bonchev–Trinajstić information content (AvgIpc) is 3.10. The summed E-state index contributed by atoms with van der Waals surface area (Å²) in [5.74, 6) is 1.46. The molecule has 0 nitrogen and oxygen atoms in total. The smallest absolute Gasteiger partial charge is 0.0436 e. The molecule has 2 rings (SSSR count). The van der Waals surface area contributed by atoms with E-state index in [1.165, 1.54) is 29.5 Å². The third kappa shape index (κ3) is 2.63. The zero-order valence-corrected chi connectivity index (χ0v) is 9.93. The molecule has 1 aliphatic rings. The van der Waals surface area contributed by atoms with Crippen molar-refractivity contribution in [1.82, 2.24) is 0 Å². The van der Waals surface area contributed by atoms with E-state index in [1.54, 1.807) is 0 Å². The normalized spacial score (nSPS) is 16.8. The van der Waals surface area contributed by atoms with Crippen molar-refractivity contribution in [1.29, 1.82) is 0 Å². The largest absolute Gasteiger partial charge is 0.122 e. The van der Waals surface area contributed by atoms with Gasteiger partial charge in [-0.15, -0.1) is 11.6 Å². The lowest BCUT2D eigenvalue weighted by molar-refractivity contribution is 1.10. The van der Waals surface area contributed by atoms with Crippen LogP contribution in [0.4, 0.5) is 0 Å². The molecule has 0 saturated heterocycles. The van der Waals surface area contributed by atoms with Crippen LogP contribution in [0.1, 0.15) is 43.2 Å². The Bertz CT molecular complexity index is 355. The maximum absolute atomic E-state index is 5.90. The monoisotopic (exact) mass is 220 g/mol. The van der Waals surface area contributed by atoms with Gasteiger partial charge in [-0.05, 0) is 36.3 Å². The molecule has 0 aliphatic heterocycles. The molecule has 1 aromatic rings. The minimum Gasteiger partial charge on any atom is -0.122 e. The SMILES string of the molecule is CCC(=Cc1ccccc1C1CC1)CCl. The van der Waals surface area contributed by atoms with Crippen molar-refractivity contribution >= 4 is 17.7 Å². The Hall–Kier alpha value is -0.750. The van der Waals surface area contributed by atoms with E-state index in [2.05, 4.69) is 37.3 Å². The highest BCUT2D eigenvalue weighted by atomic mass is 35.5. The number of allylic oxidation sites excluding steroid dienone is 1. The van der Waals surface area contributed by atoms with E-state index < -0.39 is 0 Å². The Kier molecular flexibility index (Phi) is 3.48. The first-order valence-corrected chi connectivity index (χ1v) is 6.23. The fourth-order valence-electron chi connectivity index (χ4n) is 1.86. The summed E-state index contributed by atoms with van der Waals surface area (Å²) in [6.07, 6.45) is 6.02. The van der Waals surface area contributed by atoms with Gasteiger partial charge >= 0.3 is 0 Å². The first-order chi connectivity index (χ1) is 7.35. The van der Waals surface area contributed by atoms with E-state index in [9.17, 15) is 0 Å². The number of rotatable bonds is 4. The van der Waals surface area contributed by atoms with Crippen LogP contribution < -0.4 is 0 Å². The van der Waals surface area contributed by atoms with Gasteiger partial charge in [-0.3, -0.25) is 0 Å². The van der Waals surface area contributed by atoms with Crippen LogP contribution in [0, 0.1) is 0 Å². The molecule has 0 N–H and O–H groups in total. The van der Waals surface area contributed by atoms with Gasteiger partial charge in [0.2, 0.25) is 0 Å². The standard InChI is InChI=1S/C14H17Cl/c1-2-11(10-15)9-13-5-3-4-6-14(13)12-7-8-12/h3-6,9,12H,2,7-8,10H2,1H3. The van der Waals surface area contributed by atoms with Gasteiger partial charge in [0.05, 0.1) is 0 Å². The molecule has 80 valence electrons. The molecule has 0 spiro atoms. The second kappa shape index (κ2) is 4.85. The average molecular weight is 221 g/mol. The van der Waals surface area contributed by atoms with Gasteiger partial charge in [-0.25, -0.2) is 0 Å². The minimum atomic E-state index is 0.648. The van der Waals surface area contributed by atoms with Crippen molar-refractivity contribution in [3.63, 3.8) is 0 Å². The summed E-state index contributed by atoms with van der Waals surface area (Å²) < 4.78 is 0. The van der Waals surface area contributed by atoms with E-state index in [4.69, 9.17) is 11.6 Å². The zero-order valence-electron chi connectivity index (χ0n) is 9.17. The summed E-state index contributed by atoms with van der Waals surface area (Å²) >= 11 is 5.90. The molecule has 0 amide bonds. The molecular formula is C14H17Cl. The van der Waals surface area contributed by atoms with Gasteiger partial charge in [0, 0.05) is 5.88 Å². The Morgan fingerprint density at radius 3 is 2.73 bits per heavy atom. The molecule has 1 heteroatoms. The number of hydrogen-bond acceptors (Lipinski definition) is 0. The highest BCUT2D eigenvalue weighted by Gasteiger charge is 2.24. The van der Waals surface area contributed by atoms with E-state index in [0.717, 1.165) is 12.3 Å². The fourth-order valence-corrected chi connectivity index (χ4v) is 2.13. The van der Waals surface area contributed by atoms with Crippen molar-refractivity contribution in [3.8, 4) is 0 Å². The number of hydrogen-bond donors (Lipinski definition) is 0. The molecule has 0 unspecified atom stereocenters. The lowest BCUT2D eigenvalue weighted by atomic mass is 10.0. The maximum atomic E-state index is 5.90. The second-order valence-electron chi connectivity index (χ2n) is 4.19. The summed E-state index contributed by atoms with van der Waals surface area (Å²) in [5, 5.41) is 0. The van der Waals surface area contributed by atoms with E-state index in [1.807, 2.05) is 0 Å². The molecule has 15 heavy (non-hydrogen) atoms. The number of benzene rings is 1. The van der Waals surface area contributed by atoms with Crippen LogP contribution in [-0.2, 0) is 0 Å². The van der Waals surface area contributed by atoms with Crippen LogP contribution in [0.2, 0.25) is 0 Å². The van der Waals surface area contributed by atoms with Crippen LogP contribution >= 0.6 is 11.6 Å². The third-order valence-corrected chi connectivity index (χ3v) is 3.34. The van der Waals surface area contributed by atoms with E-state index >= 15 is 0 Å². The molecule has 1 aliphatic carbocycles. The lowest BCUT2D eigenvalue weighted by Gasteiger charge is -2.06. The van der Waals surface area contributed by atoms with Crippen LogP contribution in [0.3, 0.4) is 0 Å². The Morgan fingerprint density at radius 2 is 2.13 bits per heavy atom. The fraction of sp³-hybridized carbons (Fsp3) is 0.429.